The van der Waals surface area contributed by atoms with Crippen LogP contribution in [0.25, 0.3) is 0 Å². The maximum Gasteiger partial charge on any atom is 0.153 e. The second kappa shape index (κ2) is 8.08. The van der Waals surface area contributed by atoms with Gasteiger partial charge in [-0.15, -0.1) is 0 Å². The third-order valence-corrected chi connectivity index (χ3v) is 3.51. The zero-order chi connectivity index (χ0) is 15.0. The molecule has 0 fully saturated rings. The van der Waals surface area contributed by atoms with Gasteiger partial charge < -0.3 is 4.74 Å². The molecule has 0 saturated heterocycles. The summed E-state index contributed by atoms with van der Waals surface area (Å²) in [5.41, 5.74) is 1.87. The molecule has 2 heteroatoms. The monoisotopic (exact) mass is 276 g/mol. The van der Waals surface area contributed by atoms with E-state index >= 15 is 0 Å². The number of hydrogen-bond donors (Lipinski definition) is 0. The van der Waals surface area contributed by atoms with Crippen molar-refractivity contribution < 1.29 is 9.53 Å². The Morgan fingerprint density at radius 3 is 2.40 bits per heavy atom. The van der Waals surface area contributed by atoms with E-state index in [0.29, 0.717) is 17.9 Å². The number of benzene rings is 1. The van der Waals surface area contributed by atoms with E-state index in [2.05, 4.69) is 33.8 Å². The fourth-order valence-corrected chi connectivity index (χ4v) is 2.13. The molecule has 0 aliphatic carbocycles. The largest absolute Gasteiger partial charge is 0.493 e. The van der Waals surface area contributed by atoms with Crippen LogP contribution in [0.2, 0.25) is 0 Å². The third-order valence-electron chi connectivity index (χ3n) is 3.51. The molecule has 1 aromatic carbocycles. The molecule has 112 valence electrons. The molecule has 20 heavy (non-hydrogen) atoms. The lowest BCUT2D eigenvalue weighted by molar-refractivity contribution is 0.111. The minimum absolute atomic E-state index is 0.0520. The lowest BCUT2D eigenvalue weighted by Crippen LogP contribution is -2.12. The first-order chi connectivity index (χ1) is 9.49. The van der Waals surface area contributed by atoms with Crippen LogP contribution in [0, 0.1) is 0 Å². The Balaban J connectivity index is 2.56. The van der Waals surface area contributed by atoms with Crippen molar-refractivity contribution in [1.29, 1.82) is 0 Å². The summed E-state index contributed by atoms with van der Waals surface area (Å²) < 4.78 is 5.74. The molecule has 0 N–H and O–H groups in total. The molecule has 0 radical (unpaired) electrons. The van der Waals surface area contributed by atoms with Crippen LogP contribution in [-0.4, -0.2) is 12.9 Å². The van der Waals surface area contributed by atoms with Gasteiger partial charge in [0.15, 0.2) is 6.29 Å². The van der Waals surface area contributed by atoms with E-state index in [1.54, 1.807) is 0 Å². The summed E-state index contributed by atoms with van der Waals surface area (Å²) in [5.74, 6) is 0.712. The van der Waals surface area contributed by atoms with Crippen LogP contribution in [-0.2, 0) is 5.41 Å². The number of unbranched alkanes of at least 4 members (excludes halogenated alkanes) is 4. The van der Waals surface area contributed by atoms with Gasteiger partial charge >= 0.3 is 0 Å². The van der Waals surface area contributed by atoms with Crippen molar-refractivity contribution in [2.24, 2.45) is 0 Å². The molecule has 0 saturated carbocycles. The molecular weight excluding hydrogens is 248 g/mol. The molecule has 0 aliphatic rings. The highest BCUT2D eigenvalue weighted by molar-refractivity contribution is 5.79. The predicted octanol–water partition coefficient (Wildman–Crippen LogP) is 5.15. The Bertz CT molecular complexity index is 416. The van der Waals surface area contributed by atoms with E-state index in [4.69, 9.17) is 4.74 Å². The van der Waals surface area contributed by atoms with Crippen LogP contribution in [0.4, 0.5) is 0 Å². The van der Waals surface area contributed by atoms with Crippen molar-refractivity contribution in [3.63, 3.8) is 0 Å². The Morgan fingerprint density at radius 1 is 1.10 bits per heavy atom. The second-order valence-electron chi connectivity index (χ2n) is 6.38. The fraction of sp³-hybridized carbons (Fsp3) is 0.611. The van der Waals surface area contributed by atoms with Gasteiger partial charge in [-0.1, -0.05) is 59.4 Å². The second-order valence-corrected chi connectivity index (χ2v) is 6.38. The minimum atomic E-state index is 0.0520. The van der Waals surface area contributed by atoms with Crippen LogP contribution in [0.15, 0.2) is 18.2 Å². The molecular formula is C18H28O2. The number of rotatable bonds is 8. The van der Waals surface area contributed by atoms with Gasteiger partial charge in [0.05, 0.1) is 12.2 Å². The SMILES string of the molecule is CCCCCCCOc1ccc(C(C)(C)C)cc1C=O. The summed E-state index contributed by atoms with van der Waals surface area (Å²) in [7, 11) is 0. The first-order valence-corrected chi connectivity index (χ1v) is 7.71. The number of hydrogen-bond acceptors (Lipinski definition) is 2. The summed E-state index contributed by atoms with van der Waals surface area (Å²) in [6, 6.07) is 5.93. The van der Waals surface area contributed by atoms with Gasteiger partial charge in [-0.2, -0.15) is 0 Å². The highest BCUT2D eigenvalue weighted by atomic mass is 16.5. The van der Waals surface area contributed by atoms with Gasteiger partial charge in [0.2, 0.25) is 0 Å². The number of carbonyl (C=O) groups is 1. The van der Waals surface area contributed by atoms with Gasteiger partial charge in [-0.3, -0.25) is 4.79 Å². The summed E-state index contributed by atoms with van der Waals surface area (Å²) in [4.78, 5) is 11.2. The quantitative estimate of drug-likeness (QED) is 0.485. The van der Waals surface area contributed by atoms with Gasteiger partial charge in [0.25, 0.3) is 0 Å². The number of ether oxygens (including phenoxy) is 1. The van der Waals surface area contributed by atoms with Crippen LogP contribution in [0.3, 0.4) is 0 Å². The van der Waals surface area contributed by atoms with Crippen molar-refractivity contribution >= 4 is 6.29 Å². The number of carbonyl (C=O) groups excluding carboxylic acids is 1. The van der Waals surface area contributed by atoms with E-state index in [-0.39, 0.29) is 5.41 Å². The van der Waals surface area contributed by atoms with Crippen molar-refractivity contribution in [1.82, 2.24) is 0 Å². The molecule has 0 spiro atoms. The van der Waals surface area contributed by atoms with E-state index in [0.717, 1.165) is 18.3 Å². The van der Waals surface area contributed by atoms with Gasteiger partial charge in [-0.05, 0) is 29.5 Å². The van der Waals surface area contributed by atoms with Crippen LogP contribution in [0.1, 0.15) is 75.7 Å². The molecule has 1 rings (SSSR count). The van der Waals surface area contributed by atoms with Crippen LogP contribution in [0.5, 0.6) is 5.75 Å². The maximum absolute atomic E-state index is 11.2. The van der Waals surface area contributed by atoms with Gasteiger partial charge in [0, 0.05) is 0 Å². The lowest BCUT2D eigenvalue weighted by atomic mass is 9.86. The Kier molecular flexibility index (Phi) is 6.77. The standard InChI is InChI=1S/C18H28O2/c1-5-6-7-8-9-12-20-17-11-10-16(18(2,3)4)13-15(17)14-19/h10-11,13-14H,5-9,12H2,1-4H3. The van der Waals surface area contributed by atoms with Gasteiger partial charge in [-0.25, -0.2) is 0 Å². The van der Waals surface area contributed by atoms with Crippen LogP contribution < -0.4 is 4.74 Å². The number of aldehydes is 1. The van der Waals surface area contributed by atoms with E-state index in [1.165, 1.54) is 25.7 Å². The third kappa shape index (κ3) is 5.36. The average molecular weight is 276 g/mol. The Hall–Kier alpha value is -1.31. The zero-order valence-electron chi connectivity index (χ0n) is 13.4. The molecule has 0 amide bonds. The normalized spacial score (nSPS) is 11.4. The Morgan fingerprint density at radius 2 is 1.80 bits per heavy atom. The summed E-state index contributed by atoms with van der Waals surface area (Å²) >= 11 is 0. The lowest BCUT2D eigenvalue weighted by Gasteiger charge is -2.20. The summed E-state index contributed by atoms with van der Waals surface area (Å²) in [5, 5.41) is 0. The maximum atomic E-state index is 11.2. The summed E-state index contributed by atoms with van der Waals surface area (Å²) in [6.45, 7) is 9.34. The first-order valence-electron chi connectivity index (χ1n) is 7.71. The van der Waals surface area contributed by atoms with E-state index in [9.17, 15) is 4.79 Å². The molecule has 1 aromatic rings. The van der Waals surface area contributed by atoms with E-state index < -0.39 is 0 Å². The molecule has 0 aromatic heterocycles. The molecule has 0 atom stereocenters. The molecule has 0 bridgehead atoms. The summed E-state index contributed by atoms with van der Waals surface area (Å²) in [6.07, 6.45) is 6.96. The van der Waals surface area contributed by atoms with Crippen molar-refractivity contribution in [3.05, 3.63) is 29.3 Å². The van der Waals surface area contributed by atoms with Crippen LogP contribution >= 0.6 is 0 Å². The van der Waals surface area contributed by atoms with Crippen molar-refractivity contribution in [2.75, 3.05) is 6.61 Å². The molecule has 0 heterocycles. The molecule has 0 unspecified atom stereocenters. The van der Waals surface area contributed by atoms with Gasteiger partial charge in [0.1, 0.15) is 5.75 Å². The molecule has 2 nitrogen and oxygen atoms in total. The zero-order valence-corrected chi connectivity index (χ0v) is 13.4. The topological polar surface area (TPSA) is 26.3 Å². The molecule has 0 aliphatic heterocycles. The van der Waals surface area contributed by atoms with Crippen molar-refractivity contribution in [3.8, 4) is 5.75 Å². The van der Waals surface area contributed by atoms with Crippen molar-refractivity contribution in [2.45, 2.75) is 65.2 Å². The first kappa shape index (κ1) is 16.7. The van der Waals surface area contributed by atoms with E-state index in [1.807, 2.05) is 12.1 Å². The highest BCUT2D eigenvalue weighted by Crippen LogP contribution is 2.27. The minimum Gasteiger partial charge on any atom is -0.493 e. The Labute approximate surface area is 123 Å². The smallest absolute Gasteiger partial charge is 0.153 e. The fourth-order valence-electron chi connectivity index (χ4n) is 2.13. The average Bonchev–Trinajstić information content (AvgIpc) is 2.41. The highest BCUT2D eigenvalue weighted by Gasteiger charge is 2.15. The predicted molar refractivity (Wildman–Crippen MR) is 84.8 cm³/mol.